The molecule has 1 aromatic heterocycles. The zero-order valence-corrected chi connectivity index (χ0v) is 7.95. The van der Waals surface area contributed by atoms with Gasteiger partial charge in [-0.25, -0.2) is 4.39 Å². The lowest BCUT2D eigenvalue weighted by Crippen LogP contribution is -1.98. The fraction of sp³-hybridized carbons (Fsp3) is 0.444. The van der Waals surface area contributed by atoms with Gasteiger partial charge in [0.25, 0.3) is 0 Å². The molecular formula is C9H11ClFN. The second kappa shape index (κ2) is 3.85. The molecule has 0 saturated carbocycles. The van der Waals surface area contributed by atoms with Gasteiger partial charge in [0.05, 0.1) is 10.7 Å². The van der Waals surface area contributed by atoms with Crippen LogP contribution in [0.2, 0.25) is 5.02 Å². The maximum absolute atomic E-state index is 13.4. The summed E-state index contributed by atoms with van der Waals surface area (Å²) in [6.07, 6.45) is 2.73. The molecule has 1 nitrogen and oxygen atoms in total. The molecule has 0 amide bonds. The van der Waals surface area contributed by atoms with Crippen LogP contribution in [0.1, 0.15) is 25.1 Å². The van der Waals surface area contributed by atoms with Crippen molar-refractivity contribution in [2.24, 2.45) is 0 Å². The molecule has 0 aliphatic carbocycles. The highest BCUT2D eigenvalue weighted by Gasteiger charge is 2.10. The van der Waals surface area contributed by atoms with Gasteiger partial charge >= 0.3 is 0 Å². The topological polar surface area (TPSA) is 12.9 Å². The van der Waals surface area contributed by atoms with E-state index in [-0.39, 0.29) is 5.82 Å². The average molecular weight is 188 g/mol. The summed E-state index contributed by atoms with van der Waals surface area (Å²) in [6, 6.07) is 0. The molecule has 0 bridgehead atoms. The van der Waals surface area contributed by atoms with Crippen molar-refractivity contribution in [1.82, 2.24) is 4.98 Å². The van der Waals surface area contributed by atoms with Crippen LogP contribution in [0.5, 0.6) is 0 Å². The molecule has 0 unspecified atom stereocenters. The van der Waals surface area contributed by atoms with Gasteiger partial charge in [-0.1, -0.05) is 25.4 Å². The molecule has 0 radical (unpaired) electrons. The van der Waals surface area contributed by atoms with Gasteiger partial charge in [-0.15, -0.1) is 0 Å². The molecule has 0 saturated heterocycles. The van der Waals surface area contributed by atoms with Crippen molar-refractivity contribution in [3.05, 3.63) is 28.3 Å². The van der Waals surface area contributed by atoms with E-state index in [1.54, 1.807) is 0 Å². The van der Waals surface area contributed by atoms with E-state index in [1.165, 1.54) is 6.20 Å². The number of aryl methyl sites for hydroxylation is 1. The molecule has 0 spiro atoms. The number of rotatable bonds is 2. The average Bonchev–Trinajstić information content (AvgIpc) is 2.06. The Morgan fingerprint density at radius 3 is 2.58 bits per heavy atom. The number of nitrogens with zero attached hydrogens (tertiary/aromatic N) is 1. The van der Waals surface area contributed by atoms with Crippen molar-refractivity contribution in [3.63, 3.8) is 0 Å². The van der Waals surface area contributed by atoms with Gasteiger partial charge in [-0.3, -0.25) is 4.98 Å². The van der Waals surface area contributed by atoms with E-state index < -0.39 is 0 Å². The Kier molecular flexibility index (Phi) is 3.04. The van der Waals surface area contributed by atoms with Crippen LogP contribution in [0.3, 0.4) is 0 Å². The minimum absolute atomic E-state index is 0.243. The van der Waals surface area contributed by atoms with E-state index in [0.717, 1.165) is 0 Å². The quantitative estimate of drug-likeness (QED) is 0.694. The minimum atomic E-state index is -0.243. The first-order valence-corrected chi connectivity index (χ1v) is 4.40. The number of aromatic nitrogens is 1. The Morgan fingerprint density at radius 1 is 1.42 bits per heavy atom. The molecule has 0 aromatic carbocycles. The van der Waals surface area contributed by atoms with Crippen LogP contribution in [0.25, 0.3) is 0 Å². The molecule has 66 valence electrons. The van der Waals surface area contributed by atoms with E-state index >= 15 is 0 Å². The van der Waals surface area contributed by atoms with Crippen LogP contribution in [-0.2, 0) is 12.8 Å². The van der Waals surface area contributed by atoms with E-state index in [4.69, 9.17) is 11.6 Å². The molecule has 0 fully saturated rings. The maximum Gasteiger partial charge on any atom is 0.149 e. The summed E-state index contributed by atoms with van der Waals surface area (Å²) < 4.78 is 13.4. The van der Waals surface area contributed by atoms with Crippen LogP contribution in [0.15, 0.2) is 6.20 Å². The summed E-state index contributed by atoms with van der Waals surface area (Å²) >= 11 is 5.76. The zero-order chi connectivity index (χ0) is 9.14. The van der Waals surface area contributed by atoms with Gasteiger partial charge < -0.3 is 0 Å². The van der Waals surface area contributed by atoms with Crippen molar-refractivity contribution < 1.29 is 4.39 Å². The third-order valence-electron chi connectivity index (χ3n) is 1.83. The largest absolute Gasteiger partial charge is 0.257 e. The lowest BCUT2D eigenvalue weighted by Gasteiger charge is -2.05. The van der Waals surface area contributed by atoms with Gasteiger partial charge in [-0.05, 0) is 12.8 Å². The monoisotopic (exact) mass is 187 g/mol. The molecule has 0 aliphatic heterocycles. The summed E-state index contributed by atoms with van der Waals surface area (Å²) in [5.74, 6) is -0.243. The first kappa shape index (κ1) is 9.46. The highest BCUT2D eigenvalue weighted by molar-refractivity contribution is 6.31. The zero-order valence-electron chi connectivity index (χ0n) is 7.19. The molecule has 1 aromatic rings. The van der Waals surface area contributed by atoms with E-state index in [9.17, 15) is 4.39 Å². The first-order valence-electron chi connectivity index (χ1n) is 4.02. The van der Waals surface area contributed by atoms with Crippen LogP contribution in [-0.4, -0.2) is 4.98 Å². The second-order valence-electron chi connectivity index (χ2n) is 2.55. The van der Waals surface area contributed by atoms with Gasteiger partial charge in [0.2, 0.25) is 0 Å². The molecule has 1 rings (SSSR count). The van der Waals surface area contributed by atoms with Crippen LogP contribution in [0.4, 0.5) is 4.39 Å². The van der Waals surface area contributed by atoms with Gasteiger partial charge in [-0.2, -0.15) is 0 Å². The highest BCUT2D eigenvalue weighted by Crippen LogP contribution is 2.20. The van der Waals surface area contributed by atoms with Gasteiger partial charge in [0.15, 0.2) is 0 Å². The smallest absolute Gasteiger partial charge is 0.149 e. The molecule has 0 aliphatic rings. The molecule has 0 N–H and O–H groups in total. The second-order valence-corrected chi connectivity index (χ2v) is 2.96. The van der Waals surface area contributed by atoms with E-state index in [2.05, 4.69) is 4.98 Å². The lowest BCUT2D eigenvalue weighted by atomic mass is 10.1. The number of halogens is 2. The van der Waals surface area contributed by atoms with Gasteiger partial charge in [0.1, 0.15) is 5.82 Å². The van der Waals surface area contributed by atoms with Crippen molar-refractivity contribution in [3.8, 4) is 0 Å². The Labute approximate surface area is 76.6 Å². The summed E-state index contributed by atoms with van der Waals surface area (Å²) in [6.45, 7) is 3.75. The first-order chi connectivity index (χ1) is 5.70. The normalized spacial score (nSPS) is 10.3. The van der Waals surface area contributed by atoms with Crippen molar-refractivity contribution in [2.75, 3.05) is 0 Å². The van der Waals surface area contributed by atoms with Crippen molar-refractivity contribution >= 4 is 11.6 Å². The van der Waals surface area contributed by atoms with Crippen molar-refractivity contribution in [2.45, 2.75) is 26.7 Å². The fourth-order valence-electron chi connectivity index (χ4n) is 1.12. The Hall–Kier alpha value is -0.630. The third kappa shape index (κ3) is 1.58. The van der Waals surface area contributed by atoms with Gasteiger partial charge in [0, 0.05) is 11.8 Å². The predicted octanol–water partition coefficient (Wildman–Crippen LogP) is 3.00. The van der Waals surface area contributed by atoms with E-state index in [0.29, 0.717) is 29.1 Å². The van der Waals surface area contributed by atoms with Crippen LogP contribution >= 0.6 is 11.6 Å². The summed E-state index contributed by atoms with van der Waals surface area (Å²) in [7, 11) is 0. The Balaban J connectivity index is 3.24. The summed E-state index contributed by atoms with van der Waals surface area (Å²) in [4.78, 5) is 3.90. The number of hydrogen-bond acceptors (Lipinski definition) is 1. The minimum Gasteiger partial charge on any atom is -0.257 e. The molecule has 0 atom stereocenters. The summed E-state index contributed by atoms with van der Waals surface area (Å²) in [5, 5.41) is 0.423. The Morgan fingerprint density at radius 2 is 2.08 bits per heavy atom. The molecule has 1 heterocycles. The van der Waals surface area contributed by atoms with E-state index in [1.807, 2.05) is 13.8 Å². The molecule has 12 heavy (non-hydrogen) atoms. The fourth-order valence-corrected chi connectivity index (χ4v) is 1.38. The number of pyridine rings is 1. The summed E-state index contributed by atoms with van der Waals surface area (Å²) in [5.41, 5.74) is 1.07. The lowest BCUT2D eigenvalue weighted by molar-refractivity contribution is 0.587. The maximum atomic E-state index is 13.4. The molecule has 3 heteroatoms. The molecular weight excluding hydrogens is 177 g/mol. The third-order valence-corrected chi connectivity index (χ3v) is 2.15. The predicted molar refractivity (Wildman–Crippen MR) is 48.0 cm³/mol. The highest BCUT2D eigenvalue weighted by atomic mass is 35.5. The number of hydrogen-bond donors (Lipinski definition) is 0. The van der Waals surface area contributed by atoms with Crippen molar-refractivity contribution in [1.29, 1.82) is 0 Å². The van der Waals surface area contributed by atoms with Crippen LogP contribution in [0, 0.1) is 5.82 Å². The van der Waals surface area contributed by atoms with Crippen LogP contribution < -0.4 is 0 Å². The Bertz CT molecular complexity index is 286. The standard InChI is InChI=1S/C9H11ClFN/c1-3-6-7(10)5-12-8(4-2)9(6)11/h5H,3-4H2,1-2H3. The SMILES string of the molecule is CCc1ncc(Cl)c(CC)c1F.